The van der Waals surface area contributed by atoms with E-state index in [-0.39, 0.29) is 10.8 Å². The predicted octanol–water partition coefficient (Wildman–Crippen LogP) is 2.36. The summed E-state index contributed by atoms with van der Waals surface area (Å²) in [5.74, 6) is 0.612. The fraction of sp³-hybridized carbons (Fsp3) is 0.412. The SMILES string of the molecule is COc1cccc(S(=O)(=O)N2CCC[C@@H](c3cncc(C)n3)C2)c1. The fourth-order valence-electron chi connectivity index (χ4n) is 2.99. The smallest absolute Gasteiger partial charge is 0.243 e. The summed E-state index contributed by atoms with van der Waals surface area (Å²) in [5, 5.41) is 0. The molecule has 1 fully saturated rings. The fourth-order valence-corrected chi connectivity index (χ4v) is 4.55. The van der Waals surface area contributed by atoms with Crippen LogP contribution < -0.4 is 4.74 Å². The summed E-state index contributed by atoms with van der Waals surface area (Å²) in [4.78, 5) is 8.95. The molecule has 7 heteroatoms. The number of hydrogen-bond acceptors (Lipinski definition) is 5. The Balaban J connectivity index is 1.85. The van der Waals surface area contributed by atoms with Crippen LogP contribution in [0.2, 0.25) is 0 Å². The molecule has 1 atom stereocenters. The Morgan fingerprint density at radius 2 is 2.12 bits per heavy atom. The summed E-state index contributed by atoms with van der Waals surface area (Å²) in [6, 6.07) is 6.60. The lowest BCUT2D eigenvalue weighted by Gasteiger charge is -2.31. The first kappa shape index (κ1) is 16.9. The Labute approximate surface area is 142 Å². The molecular weight excluding hydrogens is 326 g/mol. The lowest BCUT2D eigenvalue weighted by molar-refractivity contribution is 0.312. The van der Waals surface area contributed by atoms with E-state index in [9.17, 15) is 8.42 Å². The summed E-state index contributed by atoms with van der Waals surface area (Å²) in [6.07, 6.45) is 5.17. The van der Waals surface area contributed by atoms with Crippen molar-refractivity contribution in [3.8, 4) is 5.75 Å². The van der Waals surface area contributed by atoms with E-state index in [1.165, 1.54) is 7.11 Å². The molecule has 0 bridgehead atoms. The molecule has 1 aliphatic rings. The Kier molecular flexibility index (Phi) is 4.82. The van der Waals surface area contributed by atoms with Gasteiger partial charge in [0.15, 0.2) is 0 Å². The topological polar surface area (TPSA) is 72.4 Å². The molecule has 0 spiro atoms. The quantitative estimate of drug-likeness (QED) is 0.849. The van der Waals surface area contributed by atoms with Crippen LogP contribution in [-0.4, -0.2) is 42.9 Å². The van der Waals surface area contributed by atoms with Crippen LogP contribution in [0, 0.1) is 6.92 Å². The van der Waals surface area contributed by atoms with Crippen molar-refractivity contribution in [2.45, 2.75) is 30.6 Å². The monoisotopic (exact) mass is 347 g/mol. The second-order valence-corrected chi connectivity index (χ2v) is 7.90. The predicted molar refractivity (Wildman–Crippen MR) is 90.5 cm³/mol. The van der Waals surface area contributed by atoms with E-state index in [0.717, 1.165) is 24.2 Å². The first-order valence-electron chi connectivity index (χ1n) is 7.93. The second-order valence-electron chi connectivity index (χ2n) is 5.97. The van der Waals surface area contributed by atoms with Crippen LogP contribution in [0.25, 0.3) is 0 Å². The van der Waals surface area contributed by atoms with E-state index in [1.54, 1.807) is 41.0 Å². The van der Waals surface area contributed by atoms with Crippen molar-refractivity contribution < 1.29 is 13.2 Å². The van der Waals surface area contributed by atoms with E-state index in [0.29, 0.717) is 18.8 Å². The zero-order chi connectivity index (χ0) is 17.2. The maximum Gasteiger partial charge on any atom is 0.243 e. The molecule has 1 saturated heterocycles. The molecule has 0 aliphatic carbocycles. The number of methoxy groups -OCH3 is 1. The molecule has 1 aromatic heterocycles. The second kappa shape index (κ2) is 6.86. The van der Waals surface area contributed by atoms with Gasteiger partial charge in [-0.3, -0.25) is 9.97 Å². The first-order valence-corrected chi connectivity index (χ1v) is 9.37. The van der Waals surface area contributed by atoms with Gasteiger partial charge in [-0.05, 0) is 31.9 Å². The molecule has 0 unspecified atom stereocenters. The van der Waals surface area contributed by atoms with E-state index >= 15 is 0 Å². The highest BCUT2D eigenvalue weighted by atomic mass is 32.2. The maximum absolute atomic E-state index is 12.9. The van der Waals surface area contributed by atoms with E-state index < -0.39 is 10.0 Å². The minimum absolute atomic E-state index is 0.0755. The van der Waals surface area contributed by atoms with Crippen molar-refractivity contribution in [1.29, 1.82) is 0 Å². The van der Waals surface area contributed by atoms with Crippen LogP contribution in [0.1, 0.15) is 30.1 Å². The third-order valence-corrected chi connectivity index (χ3v) is 6.12. The molecule has 2 aromatic rings. The zero-order valence-electron chi connectivity index (χ0n) is 13.8. The number of ether oxygens (including phenoxy) is 1. The van der Waals surface area contributed by atoms with Crippen LogP contribution in [0.5, 0.6) is 5.75 Å². The van der Waals surface area contributed by atoms with Crippen LogP contribution in [0.15, 0.2) is 41.6 Å². The van der Waals surface area contributed by atoms with Gasteiger partial charge in [-0.15, -0.1) is 0 Å². The van der Waals surface area contributed by atoms with Crippen molar-refractivity contribution in [3.63, 3.8) is 0 Å². The Morgan fingerprint density at radius 1 is 1.29 bits per heavy atom. The van der Waals surface area contributed by atoms with Crippen molar-refractivity contribution in [3.05, 3.63) is 48.0 Å². The summed E-state index contributed by atoms with van der Waals surface area (Å²) in [7, 11) is -2.01. The van der Waals surface area contributed by atoms with Gasteiger partial charge < -0.3 is 4.74 Å². The third kappa shape index (κ3) is 3.42. The van der Waals surface area contributed by atoms with Gasteiger partial charge in [-0.2, -0.15) is 4.31 Å². The molecule has 3 rings (SSSR count). The largest absolute Gasteiger partial charge is 0.497 e. The van der Waals surface area contributed by atoms with Gasteiger partial charge in [0.05, 0.1) is 23.4 Å². The summed E-state index contributed by atoms with van der Waals surface area (Å²) in [5.41, 5.74) is 1.71. The minimum Gasteiger partial charge on any atom is -0.497 e. The summed E-state index contributed by atoms with van der Waals surface area (Å²) >= 11 is 0. The molecule has 6 nitrogen and oxygen atoms in total. The summed E-state index contributed by atoms with van der Waals surface area (Å²) < 4.78 is 32.5. The van der Waals surface area contributed by atoms with Gasteiger partial charge in [0, 0.05) is 37.5 Å². The molecule has 0 saturated carbocycles. The highest BCUT2D eigenvalue weighted by Gasteiger charge is 2.31. The van der Waals surface area contributed by atoms with Gasteiger partial charge in [0.25, 0.3) is 0 Å². The average Bonchev–Trinajstić information content (AvgIpc) is 2.62. The molecule has 24 heavy (non-hydrogen) atoms. The van der Waals surface area contributed by atoms with Crippen molar-refractivity contribution in [2.24, 2.45) is 0 Å². The van der Waals surface area contributed by atoms with Gasteiger partial charge >= 0.3 is 0 Å². The highest BCUT2D eigenvalue weighted by molar-refractivity contribution is 7.89. The first-order chi connectivity index (χ1) is 11.5. The van der Waals surface area contributed by atoms with Gasteiger partial charge in [-0.1, -0.05) is 6.07 Å². The van der Waals surface area contributed by atoms with E-state index in [4.69, 9.17) is 4.74 Å². The standard InChI is InChI=1S/C17H21N3O3S/c1-13-10-18-11-17(19-13)14-5-4-8-20(12-14)24(21,22)16-7-3-6-15(9-16)23-2/h3,6-7,9-11,14H,4-5,8,12H2,1-2H3/t14-/m1/s1. The van der Waals surface area contributed by atoms with Crippen LogP contribution >= 0.6 is 0 Å². The van der Waals surface area contributed by atoms with Crippen LogP contribution in [-0.2, 0) is 10.0 Å². The molecule has 0 radical (unpaired) electrons. The molecular formula is C17H21N3O3S. The van der Waals surface area contributed by atoms with Crippen molar-refractivity contribution in [1.82, 2.24) is 14.3 Å². The van der Waals surface area contributed by atoms with E-state index in [2.05, 4.69) is 9.97 Å². The van der Waals surface area contributed by atoms with Crippen molar-refractivity contribution in [2.75, 3.05) is 20.2 Å². The summed E-state index contributed by atoms with van der Waals surface area (Å²) in [6.45, 7) is 2.84. The molecule has 0 amide bonds. The molecule has 0 N–H and O–H groups in total. The van der Waals surface area contributed by atoms with Crippen LogP contribution in [0.4, 0.5) is 0 Å². The number of aryl methyl sites for hydroxylation is 1. The Hall–Kier alpha value is -1.99. The normalized spacial score (nSPS) is 19.2. The average molecular weight is 347 g/mol. The number of hydrogen-bond donors (Lipinski definition) is 0. The molecule has 2 heterocycles. The number of rotatable bonds is 4. The lowest BCUT2D eigenvalue weighted by Crippen LogP contribution is -2.39. The number of benzene rings is 1. The minimum atomic E-state index is -3.54. The maximum atomic E-state index is 12.9. The van der Waals surface area contributed by atoms with Gasteiger partial charge in [-0.25, -0.2) is 8.42 Å². The number of nitrogens with zero attached hydrogens (tertiary/aromatic N) is 3. The number of piperidine rings is 1. The van der Waals surface area contributed by atoms with Gasteiger partial charge in [0.2, 0.25) is 10.0 Å². The Morgan fingerprint density at radius 3 is 2.88 bits per heavy atom. The third-order valence-electron chi connectivity index (χ3n) is 4.26. The molecule has 128 valence electrons. The van der Waals surface area contributed by atoms with Crippen molar-refractivity contribution >= 4 is 10.0 Å². The van der Waals surface area contributed by atoms with Gasteiger partial charge in [0.1, 0.15) is 5.75 Å². The van der Waals surface area contributed by atoms with Crippen LogP contribution in [0.3, 0.4) is 0 Å². The highest BCUT2D eigenvalue weighted by Crippen LogP contribution is 2.30. The zero-order valence-corrected chi connectivity index (χ0v) is 14.7. The Bertz CT molecular complexity index is 823. The lowest BCUT2D eigenvalue weighted by atomic mass is 9.96. The number of aromatic nitrogens is 2. The number of sulfonamides is 1. The van der Waals surface area contributed by atoms with E-state index in [1.807, 2.05) is 6.92 Å². The molecule has 1 aliphatic heterocycles. The molecule has 1 aromatic carbocycles.